The second kappa shape index (κ2) is 11.2. The van der Waals surface area contributed by atoms with Gasteiger partial charge in [0.1, 0.15) is 15.5 Å². The van der Waals surface area contributed by atoms with Gasteiger partial charge in [0.2, 0.25) is 0 Å². The summed E-state index contributed by atoms with van der Waals surface area (Å²) >= 11 is 1.29. The quantitative estimate of drug-likeness (QED) is 0.352. The number of aryl methyl sites for hydroxylation is 2. The summed E-state index contributed by atoms with van der Waals surface area (Å²) in [5.74, 6) is 0.442. The summed E-state index contributed by atoms with van der Waals surface area (Å²) in [6, 6.07) is 12.8. The maximum Gasteiger partial charge on any atom is 0.260 e. The molecule has 4 rings (SSSR count). The van der Waals surface area contributed by atoms with E-state index in [4.69, 9.17) is 16.5 Å². The first-order chi connectivity index (χ1) is 16.5. The van der Waals surface area contributed by atoms with Crippen molar-refractivity contribution in [1.29, 1.82) is 0 Å². The van der Waals surface area contributed by atoms with Gasteiger partial charge in [-0.05, 0) is 49.3 Å². The molecule has 2 aromatic heterocycles. The molecular weight excluding hydrogens is 446 g/mol. The number of nitrogens with one attached hydrogen (secondary N) is 1. The van der Waals surface area contributed by atoms with Crippen molar-refractivity contribution in [3.05, 3.63) is 52.4 Å². The molecule has 0 radical (unpaired) electrons. The first-order valence-corrected chi connectivity index (χ1v) is 13.0. The Morgan fingerprint density at radius 1 is 1.26 bits per heavy atom. The van der Waals surface area contributed by atoms with Crippen LogP contribution < -0.4 is 21.7 Å². The highest BCUT2D eigenvalue weighted by molar-refractivity contribution is 7.21. The molecule has 7 nitrogen and oxygen atoms in total. The number of carbonyl (C=O) groups excluding carboxylic acids is 1. The lowest BCUT2D eigenvalue weighted by atomic mass is 10.0. The first-order valence-electron chi connectivity index (χ1n) is 12.2. The van der Waals surface area contributed by atoms with Crippen LogP contribution in [0.2, 0.25) is 0 Å². The van der Waals surface area contributed by atoms with Gasteiger partial charge in [-0.25, -0.2) is 4.98 Å². The summed E-state index contributed by atoms with van der Waals surface area (Å²) in [4.78, 5) is 20.1. The Kier molecular flexibility index (Phi) is 8.03. The number of carbonyl (C=O) groups is 1. The minimum absolute atomic E-state index is 0.345. The SMILES string of the molecule is CCCc1cc(N2CCC(NCC(O)CCc3ccccc3)CC2)nc2sc(C(N)=O)c(N)c12. The van der Waals surface area contributed by atoms with Crippen molar-refractivity contribution >= 4 is 39.0 Å². The van der Waals surface area contributed by atoms with Crippen molar-refractivity contribution in [2.75, 3.05) is 30.3 Å². The first kappa shape index (κ1) is 24.4. The Morgan fingerprint density at radius 2 is 2.00 bits per heavy atom. The van der Waals surface area contributed by atoms with E-state index in [-0.39, 0.29) is 6.10 Å². The van der Waals surface area contributed by atoms with Gasteiger partial charge in [0.25, 0.3) is 5.91 Å². The Bertz CT molecular complexity index is 1110. The van der Waals surface area contributed by atoms with Crippen LogP contribution in [0.25, 0.3) is 10.2 Å². The minimum Gasteiger partial charge on any atom is -0.397 e. The third-order valence-corrected chi connectivity index (χ3v) is 7.69. The number of piperidine rings is 1. The van der Waals surface area contributed by atoms with Crippen LogP contribution in [0, 0.1) is 0 Å². The number of amides is 1. The fourth-order valence-electron chi connectivity index (χ4n) is 4.69. The molecule has 1 fully saturated rings. The van der Waals surface area contributed by atoms with Gasteiger partial charge in [-0.2, -0.15) is 0 Å². The molecule has 1 aliphatic rings. The summed E-state index contributed by atoms with van der Waals surface area (Å²) in [5, 5.41) is 14.8. The molecule has 3 heterocycles. The van der Waals surface area contributed by atoms with Crippen LogP contribution in [-0.4, -0.2) is 47.8 Å². The monoisotopic (exact) mass is 481 g/mol. The van der Waals surface area contributed by atoms with Crippen molar-refractivity contribution in [2.45, 2.75) is 57.6 Å². The molecule has 1 amide bonds. The average Bonchev–Trinajstić information content (AvgIpc) is 3.19. The van der Waals surface area contributed by atoms with Crippen molar-refractivity contribution in [1.82, 2.24) is 10.3 Å². The predicted octanol–water partition coefficient (Wildman–Crippen LogP) is 3.48. The third-order valence-electron chi connectivity index (χ3n) is 6.58. The van der Waals surface area contributed by atoms with E-state index in [1.165, 1.54) is 16.9 Å². The Morgan fingerprint density at radius 3 is 2.68 bits per heavy atom. The number of nitrogens with zero attached hydrogens (tertiary/aromatic N) is 2. The van der Waals surface area contributed by atoms with E-state index in [9.17, 15) is 9.90 Å². The Hall–Kier alpha value is -2.68. The number of fused-ring (bicyclic) bond motifs is 1. The Labute approximate surface area is 205 Å². The zero-order valence-electron chi connectivity index (χ0n) is 19.8. The van der Waals surface area contributed by atoms with Gasteiger partial charge in [-0.1, -0.05) is 43.7 Å². The van der Waals surface area contributed by atoms with E-state index in [0.717, 1.165) is 73.2 Å². The van der Waals surface area contributed by atoms with E-state index in [0.29, 0.717) is 23.2 Å². The standard InChI is InChI=1S/C26H35N5O2S/c1-2-6-18-15-21(30-26-22(18)23(27)24(34-26)25(28)33)31-13-11-19(12-14-31)29-16-20(32)10-9-17-7-4-3-5-8-17/h3-5,7-8,15,19-20,29,32H,2,6,9-14,16,27H2,1H3,(H2,28,33). The molecule has 0 aliphatic carbocycles. The Balaban J connectivity index is 1.34. The van der Waals surface area contributed by atoms with Gasteiger partial charge < -0.3 is 26.8 Å². The van der Waals surface area contributed by atoms with Crippen LogP contribution in [0.15, 0.2) is 36.4 Å². The van der Waals surface area contributed by atoms with E-state index in [1.54, 1.807) is 0 Å². The van der Waals surface area contributed by atoms with Gasteiger partial charge in [0.15, 0.2) is 0 Å². The molecular formula is C26H35N5O2S. The highest BCUT2D eigenvalue weighted by Crippen LogP contribution is 2.37. The number of nitrogen functional groups attached to an aromatic ring is 1. The fourth-order valence-corrected chi connectivity index (χ4v) is 5.68. The number of hydrogen-bond acceptors (Lipinski definition) is 7. The fraction of sp³-hybridized carbons (Fsp3) is 0.462. The number of primary amides is 1. The zero-order chi connectivity index (χ0) is 24.1. The average molecular weight is 482 g/mol. The minimum atomic E-state index is -0.498. The normalized spacial score (nSPS) is 15.6. The number of aromatic nitrogens is 1. The molecule has 1 aromatic carbocycles. The third kappa shape index (κ3) is 5.68. The number of pyridine rings is 1. The molecule has 0 spiro atoms. The van der Waals surface area contributed by atoms with Crippen molar-refractivity contribution in [2.24, 2.45) is 5.73 Å². The molecule has 34 heavy (non-hydrogen) atoms. The predicted molar refractivity (Wildman–Crippen MR) is 141 cm³/mol. The number of thiophene rings is 1. The highest BCUT2D eigenvalue weighted by atomic mass is 32.1. The maximum absolute atomic E-state index is 11.8. The van der Waals surface area contributed by atoms with E-state index >= 15 is 0 Å². The number of anilines is 2. The van der Waals surface area contributed by atoms with E-state index in [2.05, 4.69) is 35.3 Å². The highest BCUT2D eigenvalue weighted by Gasteiger charge is 2.24. The summed E-state index contributed by atoms with van der Waals surface area (Å²) in [6.07, 6.45) is 5.16. The summed E-state index contributed by atoms with van der Waals surface area (Å²) in [6.45, 7) is 4.54. The smallest absolute Gasteiger partial charge is 0.260 e. The second-order valence-corrected chi connectivity index (χ2v) is 10.1. The van der Waals surface area contributed by atoms with Gasteiger partial charge in [0.05, 0.1) is 11.8 Å². The van der Waals surface area contributed by atoms with E-state index < -0.39 is 5.91 Å². The number of benzene rings is 1. The summed E-state index contributed by atoms with van der Waals surface area (Å²) in [5.41, 5.74) is 14.6. The molecule has 1 aliphatic heterocycles. The molecule has 8 heteroatoms. The maximum atomic E-state index is 11.8. The molecule has 3 aromatic rings. The number of aliphatic hydroxyl groups is 1. The number of aliphatic hydroxyl groups excluding tert-OH is 1. The van der Waals surface area contributed by atoms with Gasteiger partial charge in [-0.15, -0.1) is 11.3 Å². The van der Waals surface area contributed by atoms with Crippen LogP contribution in [-0.2, 0) is 12.8 Å². The van der Waals surface area contributed by atoms with Gasteiger partial charge in [-0.3, -0.25) is 4.79 Å². The lowest BCUT2D eigenvalue weighted by Crippen LogP contribution is -2.45. The van der Waals surface area contributed by atoms with Gasteiger partial charge >= 0.3 is 0 Å². The largest absolute Gasteiger partial charge is 0.397 e. The number of hydrogen-bond donors (Lipinski definition) is 4. The van der Waals surface area contributed by atoms with Crippen molar-refractivity contribution in [3.63, 3.8) is 0 Å². The molecule has 0 saturated carbocycles. The lowest BCUT2D eigenvalue weighted by Gasteiger charge is -2.34. The molecule has 182 valence electrons. The summed E-state index contributed by atoms with van der Waals surface area (Å²) < 4.78 is 0. The van der Waals surface area contributed by atoms with E-state index in [1.807, 2.05) is 18.2 Å². The second-order valence-electron chi connectivity index (χ2n) is 9.13. The van der Waals surface area contributed by atoms with Crippen LogP contribution in [0.3, 0.4) is 0 Å². The van der Waals surface area contributed by atoms with Crippen LogP contribution in [0.4, 0.5) is 11.5 Å². The summed E-state index contributed by atoms with van der Waals surface area (Å²) in [7, 11) is 0. The van der Waals surface area contributed by atoms with Gasteiger partial charge in [0, 0.05) is 31.1 Å². The van der Waals surface area contributed by atoms with Crippen LogP contribution >= 0.6 is 11.3 Å². The molecule has 1 saturated heterocycles. The van der Waals surface area contributed by atoms with Crippen molar-refractivity contribution < 1.29 is 9.90 Å². The topological polar surface area (TPSA) is 117 Å². The number of nitrogens with two attached hydrogens (primary N) is 2. The molecule has 6 N–H and O–H groups in total. The lowest BCUT2D eigenvalue weighted by molar-refractivity contribution is 0.100. The zero-order valence-corrected chi connectivity index (χ0v) is 20.6. The van der Waals surface area contributed by atoms with Crippen LogP contribution in [0.5, 0.6) is 0 Å². The molecule has 1 unspecified atom stereocenters. The molecule has 0 bridgehead atoms. The van der Waals surface area contributed by atoms with Crippen LogP contribution in [0.1, 0.15) is 53.4 Å². The van der Waals surface area contributed by atoms with Crippen molar-refractivity contribution in [3.8, 4) is 0 Å². The number of rotatable bonds is 10. The molecule has 1 atom stereocenters.